The van der Waals surface area contributed by atoms with E-state index >= 15 is 0 Å². The molecule has 0 saturated carbocycles. The summed E-state index contributed by atoms with van der Waals surface area (Å²) in [4.78, 5) is 46.3. The molecule has 21 heavy (non-hydrogen) atoms. The van der Waals surface area contributed by atoms with Crippen molar-refractivity contribution in [1.29, 1.82) is 0 Å². The van der Waals surface area contributed by atoms with Crippen LogP contribution in [0.3, 0.4) is 0 Å². The SMILES string of the molecule is CCOC(=O)CC(NC(C)=O)C(=O)NC(C(C)=O)C(C)C. The predicted molar refractivity (Wildman–Crippen MR) is 76.3 cm³/mol. The van der Waals surface area contributed by atoms with Crippen LogP contribution in [-0.2, 0) is 23.9 Å². The predicted octanol–water partition coefficient (Wildman–Crippen LogP) is 0.174. The van der Waals surface area contributed by atoms with E-state index in [2.05, 4.69) is 10.6 Å². The number of hydrogen-bond acceptors (Lipinski definition) is 5. The maximum absolute atomic E-state index is 12.2. The van der Waals surface area contributed by atoms with Gasteiger partial charge >= 0.3 is 5.97 Å². The van der Waals surface area contributed by atoms with Gasteiger partial charge in [-0.05, 0) is 19.8 Å². The van der Waals surface area contributed by atoms with Crippen molar-refractivity contribution in [3.05, 3.63) is 0 Å². The number of rotatable bonds is 8. The van der Waals surface area contributed by atoms with Crippen LogP contribution >= 0.6 is 0 Å². The Morgan fingerprint density at radius 1 is 1.05 bits per heavy atom. The zero-order chi connectivity index (χ0) is 16.6. The number of ether oxygens (including phenoxy) is 1. The van der Waals surface area contributed by atoms with Crippen LogP contribution in [0.5, 0.6) is 0 Å². The molecule has 7 heteroatoms. The smallest absolute Gasteiger partial charge is 0.308 e. The number of carbonyl (C=O) groups excluding carboxylic acids is 4. The third-order valence-corrected chi connectivity index (χ3v) is 2.77. The second-order valence-electron chi connectivity index (χ2n) is 5.10. The summed E-state index contributed by atoms with van der Waals surface area (Å²) in [6, 6.07) is -1.71. The molecule has 2 amide bonds. The topological polar surface area (TPSA) is 102 Å². The van der Waals surface area contributed by atoms with Crippen LogP contribution < -0.4 is 10.6 Å². The van der Waals surface area contributed by atoms with Gasteiger partial charge in [0.15, 0.2) is 5.78 Å². The molecular formula is C14H24N2O5. The van der Waals surface area contributed by atoms with Crippen molar-refractivity contribution in [1.82, 2.24) is 10.6 Å². The van der Waals surface area contributed by atoms with Crippen LogP contribution in [0.15, 0.2) is 0 Å². The van der Waals surface area contributed by atoms with Crippen molar-refractivity contribution in [2.45, 2.75) is 53.1 Å². The molecule has 0 saturated heterocycles. The number of carbonyl (C=O) groups is 4. The molecule has 2 N–H and O–H groups in total. The number of esters is 1. The maximum Gasteiger partial charge on any atom is 0.308 e. The molecule has 0 fully saturated rings. The summed E-state index contributed by atoms with van der Waals surface area (Å²) in [5.41, 5.74) is 0. The van der Waals surface area contributed by atoms with Gasteiger partial charge < -0.3 is 15.4 Å². The second-order valence-corrected chi connectivity index (χ2v) is 5.10. The van der Waals surface area contributed by atoms with Gasteiger partial charge in [-0.2, -0.15) is 0 Å². The summed E-state index contributed by atoms with van der Waals surface area (Å²) in [6.45, 7) is 8.06. The van der Waals surface area contributed by atoms with E-state index in [4.69, 9.17) is 4.74 Å². The van der Waals surface area contributed by atoms with Gasteiger partial charge in [0.25, 0.3) is 0 Å². The molecule has 0 rings (SSSR count). The average Bonchev–Trinajstić information content (AvgIpc) is 2.33. The first-order chi connectivity index (χ1) is 9.68. The lowest BCUT2D eigenvalue weighted by Gasteiger charge is -2.23. The fraction of sp³-hybridized carbons (Fsp3) is 0.714. The van der Waals surface area contributed by atoms with Crippen molar-refractivity contribution in [3.8, 4) is 0 Å². The number of Topliss-reactive ketones (excluding diaryl/α,β-unsaturated/α-hetero) is 1. The minimum absolute atomic E-state index is 0.0907. The van der Waals surface area contributed by atoms with Gasteiger partial charge in [-0.3, -0.25) is 19.2 Å². The third-order valence-electron chi connectivity index (χ3n) is 2.77. The summed E-state index contributed by atoms with van der Waals surface area (Å²) in [5, 5.41) is 4.95. The molecule has 7 nitrogen and oxygen atoms in total. The van der Waals surface area contributed by atoms with Gasteiger partial charge in [0, 0.05) is 6.92 Å². The molecule has 0 aromatic heterocycles. The van der Waals surface area contributed by atoms with Crippen LogP contribution in [0.2, 0.25) is 0 Å². The maximum atomic E-state index is 12.2. The molecule has 0 spiro atoms. The first-order valence-electron chi connectivity index (χ1n) is 6.92. The Bertz CT molecular complexity index is 406. The summed E-state index contributed by atoms with van der Waals surface area (Å²) in [7, 11) is 0. The first-order valence-corrected chi connectivity index (χ1v) is 6.92. The summed E-state index contributed by atoms with van der Waals surface area (Å²) >= 11 is 0. The van der Waals surface area contributed by atoms with Gasteiger partial charge in [0.05, 0.1) is 19.1 Å². The summed E-state index contributed by atoms with van der Waals surface area (Å²) in [6.07, 6.45) is -0.276. The highest BCUT2D eigenvalue weighted by atomic mass is 16.5. The van der Waals surface area contributed by atoms with E-state index in [-0.39, 0.29) is 24.7 Å². The number of hydrogen-bond donors (Lipinski definition) is 2. The zero-order valence-corrected chi connectivity index (χ0v) is 13.2. The Kier molecular flexibility index (Phi) is 8.26. The quantitative estimate of drug-likeness (QED) is 0.622. The van der Waals surface area contributed by atoms with Gasteiger partial charge in [-0.15, -0.1) is 0 Å². The van der Waals surface area contributed by atoms with Gasteiger partial charge in [-0.25, -0.2) is 0 Å². The van der Waals surface area contributed by atoms with Crippen LogP contribution in [0.25, 0.3) is 0 Å². The molecule has 0 bridgehead atoms. The lowest BCUT2D eigenvalue weighted by molar-refractivity contribution is -0.145. The van der Waals surface area contributed by atoms with E-state index in [9.17, 15) is 19.2 Å². The lowest BCUT2D eigenvalue weighted by Crippen LogP contribution is -2.53. The summed E-state index contributed by atoms with van der Waals surface area (Å²) < 4.78 is 4.77. The lowest BCUT2D eigenvalue weighted by atomic mass is 10.00. The number of nitrogens with one attached hydrogen (secondary N) is 2. The highest BCUT2D eigenvalue weighted by molar-refractivity contribution is 5.93. The molecule has 0 aromatic rings. The molecule has 0 radical (unpaired) electrons. The number of amides is 2. The molecule has 0 heterocycles. The van der Waals surface area contributed by atoms with Crippen LogP contribution in [-0.4, -0.2) is 42.3 Å². The number of ketones is 1. The second kappa shape index (κ2) is 9.10. The van der Waals surface area contributed by atoms with Crippen molar-refractivity contribution < 1.29 is 23.9 Å². The normalized spacial score (nSPS) is 13.2. The van der Waals surface area contributed by atoms with E-state index in [1.807, 2.05) is 0 Å². The van der Waals surface area contributed by atoms with Gasteiger partial charge in [0.2, 0.25) is 11.8 Å². The van der Waals surface area contributed by atoms with E-state index in [1.165, 1.54) is 13.8 Å². The standard InChI is InChI=1S/C14H24N2O5/c1-6-21-12(19)7-11(15-10(5)18)14(20)16-13(8(2)3)9(4)17/h8,11,13H,6-7H2,1-5H3,(H,15,18)(H,16,20). The first kappa shape index (κ1) is 19.1. The molecule has 0 aromatic carbocycles. The molecule has 120 valence electrons. The van der Waals surface area contributed by atoms with Crippen molar-refractivity contribution in [3.63, 3.8) is 0 Å². The van der Waals surface area contributed by atoms with Crippen LogP contribution in [0.1, 0.15) is 41.0 Å². The minimum Gasteiger partial charge on any atom is -0.466 e. The molecule has 2 unspecified atom stereocenters. The molecular weight excluding hydrogens is 276 g/mol. The largest absolute Gasteiger partial charge is 0.466 e. The van der Waals surface area contributed by atoms with Crippen molar-refractivity contribution in [2.24, 2.45) is 5.92 Å². The van der Waals surface area contributed by atoms with Crippen molar-refractivity contribution >= 4 is 23.6 Å². The Morgan fingerprint density at radius 2 is 1.62 bits per heavy atom. The Balaban J connectivity index is 4.89. The highest BCUT2D eigenvalue weighted by Crippen LogP contribution is 2.05. The minimum atomic E-state index is -1.05. The molecule has 0 aliphatic rings. The fourth-order valence-corrected chi connectivity index (χ4v) is 1.83. The van der Waals surface area contributed by atoms with E-state index in [0.29, 0.717) is 0 Å². The summed E-state index contributed by atoms with van der Waals surface area (Å²) in [5.74, 6) is -1.88. The highest BCUT2D eigenvalue weighted by Gasteiger charge is 2.28. The molecule has 0 aliphatic carbocycles. The van der Waals surface area contributed by atoms with E-state index in [0.717, 1.165) is 0 Å². The van der Waals surface area contributed by atoms with Crippen LogP contribution in [0.4, 0.5) is 0 Å². The monoisotopic (exact) mass is 300 g/mol. The molecule has 2 atom stereocenters. The third kappa shape index (κ3) is 7.43. The van der Waals surface area contributed by atoms with E-state index in [1.54, 1.807) is 20.8 Å². The average molecular weight is 300 g/mol. The van der Waals surface area contributed by atoms with E-state index < -0.39 is 29.9 Å². The van der Waals surface area contributed by atoms with Crippen molar-refractivity contribution in [2.75, 3.05) is 6.61 Å². The Morgan fingerprint density at radius 3 is 2.00 bits per heavy atom. The Hall–Kier alpha value is -1.92. The van der Waals surface area contributed by atoms with Gasteiger partial charge in [-0.1, -0.05) is 13.8 Å². The Labute approximate surface area is 124 Å². The van der Waals surface area contributed by atoms with Crippen LogP contribution in [0, 0.1) is 5.92 Å². The zero-order valence-electron chi connectivity index (χ0n) is 13.2. The van der Waals surface area contributed by atoms with Gasteiger partial charge in [0.1, 0.15) is 6.04 Å². The molecule has 0 aliphatic heterocycles. The fourth-order valence-electron chi connectivity index (χ4n) is 1.83.